The number of carbonyl (C=O) groups is 2. The van der Waals surface area contributed by atoms with Gasteiger partial charge < -0.3 is 14.8 Å². The van der Waals surface area contributed by atoms with Gasteiger partial charge in [0.15, 0.2) is 6.61 Å². The summed E-state index contributed by atoms with van der Waals surface area (Å²) in [6, 6.07) is -0.766. The Bertz CT molecular complexity index is 516. The lowest BCUT2D eigenvalue weighted by Crippen LogP contribution is -2.39. The van der Waals surface area contributed by atoms with Gasteiger partial charge in [0.25, 0.3) is 5.91 Å². The number of esters is 1. The minimum Gasteiger partial charge on any atom is -0.467 e. The van der Waals surface area contributed by atoms with Crippen LogP contribution in [-0.2, 0) is 16.6 Å². The number of methoxy groups -OCH3 is 1. The van der Waals surface area contributed by atoms with Crippen LogP contribution < -0.4 is 10.1 Å². The minimum absolute atomic E-state index is 0.0202. The van der Waals surface area contributed by atoms with Gasteiger partial charge in [0.2, 0.25) is 5.88 Å². The van der Waals surface area contributed by atoms with Crippen LogP contribution in [0.25, 0.3) is 0 Å². The van der Waals surface area contributed by atoms with Crippen LogP contribution in [0, 0.1) is 12.3 Å². The third-order valence-corrected chi connectivity index (χ3v) is 2.32. The van der Waals surface area contributed by atoms with Gasteiger partial charge in [-0.25, -0.2) is 9.48 Å². The first kappa shape index (κ1) is 14.6. The van der Waals surface area contributed by atoms with E-state index in [4.69, 9.17) is 11.2 Å². The van der Waals surface area contributed by atoms with E-state index in [1.807, 2.05) is 0 Å². The Morgan fingerprint density at radius 2 is 2.32 bits per heavy atom. The number of rotatable bonds is 5. The van der Waals surface area contributed by atoms with E-state index in [0.29, 0.717) is 0 Å². The molecule has 0 aliphatic carbocycles. The number of nitrogens with zero attached hydrogens (tertiary/aromatic N) is 2. The van der Waals surface area contributed by atoms with E-state index < -0.39 is 17.9 Å². The molecule has 0 aromatic carbocycles. The van der Waals surface area contributed by atoms with Crippen LogP contribution >= 0.6 is 0 Å². The maximum absolute atomic E-state index is 12.0. The van der Waals surface area contributed by atoms with Gasteiger partial charge in [0.1, 0.15) is 11.6 Å². The standard InChI is InChI=1S/C12H15N3O4/c1-5-6-19-11-9(7-13-15(11)3)10(16)14-8(2)12(17)18-4/h1,7-8H,6H2,2-4H3,(H,14,16)/t8-/m0/s1. The van der Waals surface area contributed by atoms with Crippen molar-refractivity contribution in [2.45, 2.75) is 13.0 Å². The zero-order valence-corrected chi connectivity index (χ0v) is 11.0. The first-order valence-corrected chi connectivity index (χ1v) is 5.48. The normalized spacial score (nSPS) is 11.3. The third kappa shape index (κ3) is 3.48. The van der Waals surface area contributed by atoms with Crippen molar-refractivity contribution in [1.82, 2.24) is 15.1 Å². The summed E-state index contributed by atoms with van der Waals surface area (Å²) in [5, 5.41) is 6.39. The Hall–Kier alpha value is -2.49. The largest absolute Gasteiger partial charge is 0.467 e. The Morgan fingerprint density at radius 1 is 1.63 bits per heavy atom. The summed E-state index contributed by atoms with van der Waals surface area (Å²) in [5.41, 5.74) is 0.202. The van der Waals surface area contributed by atoms with Crippen LogP contribution in [0.15, 0.2) is 6.20 Å². The number of ether oxygens (including phenoxy) is 2. The molecule has 7 heteroatoms. The van der Waals surface area contributed by atoms with Gasteiger partial charge in [-0.05, 0) is 6.92 Å². The number of nitrogens with one attached hydrogen (secondary N) is 1. The van der Waals surface area contributed by atoms with Crippen molar-refractivity contribution in [3.63, 3.8) is 0 Å². The number of aromatic nitrogens is 2. The molecule has 7 nitrogen and oxygen atoms in total. The lowest BCUT2D eigenvalue weighted by Gasteiger charge is -2.11. The highest BCUT2D eigenvalue weighted by atomic mass is 16.5. The fourth-order valence-corrected chi connectivity index (χ4v) is 1.37. The monoisotopic (exact) mass is 265 g/mol. The number of aryl methyl sites for hydroxylation is 1. The van der Waals surface area contributed by atoms with Crippen LogP contribution in [0.2, 0.25) is 0 Å². The van der Waals surface area contributed by atoms with E-state index in [1.165, 1.54) is 24.9 Å². The molecule has 0 fully saturated rings. The van der Waals surface area contributed by atoms with Crippen molar-refractivity contribution in [3.8, 4) is 18.2 Å². The molecule has 1 N–H and O–H groups in total. The number of carbonyl (C=O) groups excluding carboxylic acids is 2. The molecule has 0 spiro atoms. The highest BCUT2D eigenvalue weighted by Gasteiger charge is 2.22. The van der Waals surface area contributed by atoms with Gasteiger partial charge in [-0.2, -0.15) is 5.10 Å². The maximum Gasteiger partial charge on any atom is 0.328 e. The Labute approximate surface area is 110 Å². The summed E-state index contributed by atoms with van der Waals surface area (Å²) in [5.74, 6) is 1.51. The van der Waals surface area contributed by atoms with Gasteiger partial charge in [-0.3, -0.25) is 4.79 Å². The molecule has 0 unspecified atom stereocenters. The van der Waals surface area contributed by atoms with Crippen molar-refractivity contribution >= 4 is 11.9 Å². The molecule has 102 valence electrons. The summed E-state index contributed by atoms with van der Waals surface area (Å²) in [6.45, 7) is 1.54. The second-order valence-corrected chi connectivity index (χ2v) is 3.70. The first-order chi connectivity index (χ1) is 9.01. The zero-order valence-electron chi connectivity index (χ0n) is 11.0. The number of hydrogen-bond donors (Lipinski definition) is 1. The predicted octanol–water partition coefficient (Wildman–Crippen LogP) is -0.277. The van der Waals surface area contributed by atoms with E-state index in [1.54, 1.807) is 7.05 Å². The molecule has 0 aliphatic heterocycles. The number of hydrogen-bond acceptors (Lipinski definition) is 5. The average Bonchev–Trinajstić information content (AvgIpc) is 2.76. The van der Waals surface area contributed by atoms with Crippen LogP contribution in [0.3, 0.4) is 0 Å². The molecule has 1 aromatic rings. The van der Waals surface area contributed by atoms with Crippen molar-refractivity contribution in [2.24, 2.45) is 7.05 Å². The van der Waals surface area contributed by atoms with E-state index in [9.17, 15) is 9.59 Å². The van der Waals surface area contributed by atoms with Gasteiger partial charge >= 0.3 is 5.97 Å². The molecule has 0 saturated heterocycles. The van der Waals surface area contributed by atoms with Crippen molar-refractivity contribution in [3.05, 3.63) is 11.8 Å². The Balaban J connectivity index is 2.83. The van der Waals surface area contributed by atoms with E-state index in [-0.39, 0.29) is 18.1 Å². The van der Waals surface area contributed by atoms with Crippen molar-refractivity contribution in [2.75, 3.05) is 13.7 Å². The lowest BCUT2D eigenvalue weighted by molar-refractivity contribution is -0.142. The minimum atomic E-state index is -0.766. The highest BCUT2D eigenvalue weighted by Crippen LogP contribution is 2.16. The molecule has 0 saturated carbocycles. The van der Waals surface area contributed by atoms with Crippen molar-refractivity contribution < 1.29 is 19.1 Å². The van der Waals surface area contributed by atoms with Gasteiger partial charge in [-0.15, -0.1) is 6.42 Å². The maximum atomic E-state index is 12.0. The number of terminal acetylenes is 1. The second-order valence-electron chi connectivity index (χ2n) is 3.70. The summed E-state index contributed by atoms with van der Waals surface area (Å²) >= 11 is 0. The van der Waals surface area contributed by atoms with Crippen LogP contribution in [0.4, 0.5) is 0 Å². The molecule has 19 heavy (non-hydrogen) atoms. The van der Waals surface area contributed by atoms with Gasteiger partial charge in [0.05, 0.1) is 13.3 Å². The zero-order chi connectivity index (χ0) is 14.4. The molecule has 1 amide bonds. The van der Waals surface area contributed by atoms with Crippen LogP contribution in [0.5, 0.6) is 5.88 Å². The Morgan fingerprint density at radius 3 is 2.89 bits per heavy atom. The van der Waals surface area contributed by atoms with Crippen molar-refractivity contribution in [1.29, 1.82) is 0 Å². The van der Waals surface area contributed by atoms with E-state index in [2.05, 4.69) is 21.1 Å². The fourth-order valence-electron chi connectivity index (χ4n) is 1.37. The molecule has 0 aliphatic rings. The van der Waals surface area contributed by atoms with Gasteiger partial charge in [0, 0.05) is 7.05 Å². The smallest absolute Gasteiger partial charge is 0.328 e. The molecular formula is C12H15N3O4. The fraction of sp³-hybridized carbons (Fsp3) is 0.417. The van der Waals surface area contributed by atoms with E-state index >= 15 is 0 Å². The molecule has 1 aromatic heterocycles. The Kier molecular flexibility index (Phi) is 4.94. The van der Waals surface area contributed by atoms with E-state index in [0.717, 1.165) is 0 Å². The summed E-state index contributed by atoms with van der Waals surface area (Å²) in [7, 11) is 2.86. The quantitative estimate of drug-likeness (QED) is 0.585. The molecule has 0 radical (unpaired) electrons. The molecule has 1 atom stereocenters. The van der Waals surface area contributed by atoms with Crippen LogP contribution in [0.1, 0.15) is 17.3 Å². The summed E-state index contributed by atoms with van der Waals surface area (Å²) in [6.07, 6.45) is 6.43. The summed E-state index contributed by atoms with van der Waals surface area (Å²) < 4.78 is 11.1. The molecule has 1 rings (SSSR count). The predicted molar refractivity (Wildman–Crippen MR) is 66.5 cm³/mol. The lowest BCUT2D eigenvalue weighted by atomic mass is 10.2. The second kappa shape index (κ2) is 6.44. The molecule has 0 bridgehead atoms. The highest BCUT2D eigenvalue weighted by molar-refractivity contribution is 5.98. The SMILES string of the molecule is C#CCOc1c(C(=O)N[C@@H](C)C(=O)OC)cnn1C. The number of amides is 1. The first-order valence-electron chi connectivity index (χ1n) is 5.48. The molecule has 1 heterocycles. The summed E-state index contributed by atoms with van der Waals surface area (Å²) in [4.78, 5) is 23.2. The molecular weight excluding hydrogens is 250 g/mol. The topological polar surface area (TPSA) is 82.4 Å². The average molecular weight is 265 g/mol. The third-order valence-electron chi connectivity index (χ3n) is 2.32. The van der Waals surface area contributed by atoms with Crippen LogP contribution in [-0.4, -0.2) is 41.4 Å². The van der Waals surface area contributed by atoms with Gasteiger partial charge in [-0.1, -0.05) is 5.92 Å².